The molecular formula is C11H20O4. The third-order valence-electron chi connectivity index (χ3n) is 2.06. The molecule has 4 heteroatoms. The maximum Gasteiger partial charge on any atom is 0.508 e. The minimum atomic E-state index is -0.580. The Morgan fingerprint density at radius 3 is 2.33 bits per heavy atom. The largest absolute Gasteiger partial charge is 0.508 e. The number of hydrogen-bond acceptors (Lipinski definition) is 4. The molecule has 0 spiro atoms. The standard InChI is InChI=1S/C11H20O4/c1-10(2,3)5-13-6-11(4)7-14-9(12)15-8-11/h5-8H2,1-4H3. The molecule has 1 aliphatic heterocycles. The fraction of sp³-hybridized carbons (Fsp3) is 0.909. The normalized spacial score (nSPS) is 20.7. The molecule has 0 aliphatic carbocycles. The van der Waals surface area contributed by atoms with Gasteiger partial charge in [-0.25, -0.2) is 4.79 Å². The molecule has 0 unspecified atom stereocenters. The SMILES string of the molecule is CC(C)(C)COCC1(C)COC(=O)OC1. The lowest BCUT2D eigenvalue weighted by molar-refractivity contribution is -0.0919. The van der Waals surface area contributed by atoms with E-state index in [1.165, 1.54) is 0 Å². The van der Waals surface area contributed by atoms with Crippen molar-refractivity contribution in [3.05, 3.63) is 0 Å². The molecule has 0 aromatic carbocycles. The van der Waals surface area contributed by atoms with Crippen molar-refractivity contribution in [3.8, 4) is 0 Å². The van der Waals surface area contributed by atoms with Gasteiger partial charge in [0.2, 0.25) is 0 Å². The predicted molar refractivity (Wildman–Crippen MR) is 55.7 cm³/mol. The highest BCUT2D eigenvalue weighted by molar-refractivity contribution is 5.60. The lowest BCUT2D eigenvalue weighted by Crippen LogP contribution is -2.41. The van der Waals surface area contributed by atoms with Crippen molar-refractivity contribution in [1.29, 1.82) is 0 Å². The zero-order valence-corrected chi connectivity index (χ0v) is 9.96. The Balaban J connectivity index is 2.28. The molecule has 1 saturated heterocycles. The summed E-state index contributed by atoms with van der Waals surface area (Å²) in [6.07, 6.45) is -0.580. The number of ether oxygens (including phenoxy) is 3. The van der Waals surface area contributed by atoms with Crippen LogP contribution < -0.4 is 0 Å². The highest BCUT2D eigenvalue weighted by Crippen LogP contribution is 2.24. The van der Waals surface area contributed by atoms with E-state index < -0.39 is 6.16 Å². The number of cyclic esters (lactones) is 2. The van der Waals surface area contributed by atoms with Crippen LogP contribution in [0.3, 0.4) is 0 Å². The minimum Gasteiger partial charge on any atom is -0.433 e. The summed E-state index contributed by atoms with van der Waals surface area (Å²) < 4.78 is 15.3. The topological polar surface area (TPSA) is 44.8 Å². The van der Waals surface area contributed by atoms with Crippen LogP contribution in [0.2, 0.25) is 0 Å². The molecule has 0 atom stereocenters. The van der Waals surface area contributed by atoms with Crippen molar-refractivity contribution in [1.82, 2.24) is 0 Å². The van der Waals surface area contributed by atoms with Crippen molar-refractivity contribution in [2.24, 2.45) is 10.8 Å². The molecule has 88 valence electrons. The number of rotatable bonds is 3. The van der Waals surface area contributed by atoms with Crippen LogP contribution in [0.4, 0.5) is 4.79 Å². The van der Waals surface area contributed by atoms with E-state index in [0.717, 1.165) is 0 Å². The van der Waals surface area contributed by atoms with Gasteiger partial charge in [-0.3, -0.25) is 0 Å². The Morgan fingerprint density at radius 1 is 1.33 bits per heavy atom. The molecular weight excluding hydrogens is 196 g/mol. The van der Waals surface area contributed by atoms with Gasteiger partial charge in [-0.05, 0) is 5.41 Å². The van der Waals surface area contributed by atoms with Gasteiger partial charge in [0.05, 0.1) is 18.6 Å². The van der Waals surface area contributed by atoms with Gasteiger partial charge in [0.1, 0.15) is 13.2 Å². The number of hydrogen-bond donors (Lipinski definition) is 0. The van der Waals surface area contributed by atoms with Gasteiger partial charge in [0.15, 0.2) is 0 Å². The van der Waals surface area contributed by atoms with E-state index in [9.17, 15) is 4.79 Å². The zero-order valence-electron chi connectivity index (χ0n) is 9.96. The first-order valence-corrected chi connectivity index (χ1v) is 5.18. The van der Waals surface area contributed by atoms with Gasteiger partial charge in [-0.2, -0.15) is 0 Å². The molecule has 1 rings (SSSR count). The first kappa shape index (κ1) is 12.3. The van der Waals surface area contributed by atoms with E-state index in [0.29, 0.717) is 26.4 Å². The lowest BCUT2D eigenvalue weighted by atomic mass is 9.93. The monoisotopic (exact) mass is 216 g/mol. The van der Waals surface area contributed by atoms with Crippen molar-refractivity contribution >= 4 is 6.16 Å². The van der Waals surface area contributed by atoms with E-state index in [1.54, 1.807) is 0 Å². The summed E-state index contributed by atoms with van der Waals surface area (Å²) in [5.41, 5.74) is -0.0538. The summed E-state index contributed by atoms with van der Waals surface area (Å²) in [5.74, 6) is 0. The Morgan fingerprint density at radius 2 is 1.87 bits per heavy atom. The van der Waals surface area contributed by atoms with E-state index in [1.807, 2.05) is 6.92 Å². The molecule has 0 saturated carbocycles. The highest BCUT2D eigenvalue weighted by Gasteiger charge is 2.33. The van der Waals surface area contributed by atoms with Crippen LogP contribution in [0.5, 0.6) is 0 Å². The van der Waals surface area contributed by atoms with Gasteiger partial charge in [-0.15, -0.1) is 0 Å². The Labute approximate surface area is 90.9 Å². The zero-order chi connectivity index (χ0) is 11.5. The third kappa shape index (κ3) is 4.51. The molecule has 0 bridgehead atoms. The summed E-state index contributed by atoms with van der Waals surface area (Å²) in [6, 6.07) is 0. The third-order valence-corrected chi connectivity index (χ3v) is 2.06. The van der Waals surface area contributed by atoms with Crippen molar-refractivity contribution in [3.63, 3.8) is 0 Å². The second-order valence-electron chi connectivity index (χ2n) is 5.69. The molecule has 0 radical (unpaired) electrons. The Hall–Kier alpha value is -0.770. The molecule has 1 heterocycles. The van der Waals surface area contributed by atoms with Crippen LogP contribution in [0, 0.1) is 10.8 Å². The van der Waals surface area contributed by atoms with E-state index in [-0.39, 0.29) is 10.8 Å². The molecule has 1 aliphatic rings. The number of carbonyl (C=O) groups is 1. The van der Waals surface area contributed by atoms with Crippen LogP contribution in [-0.2, 0) is 14.2 Å². The second-order valence-corrected chi connectivity index (χ2v) is 5.69. The Kier molecular flexibility index (Phi) is 3.60. The van der Waals surface area contributed by atoms with Crippen LogP contribution in [0.25, 0.3) is 0 Å². The summed E-state index contributed by atoms with van der Waals surface area (Å²) in [4.78, 5) is 10.7. The van der Waals surface area contributed by atoms with Crippen LogP contribution >= 0.6 is 0 Å². The van der Waals surface area contributed by atoms with E-state index >= 15 is 0 Å². The quantitative estimate of drug-likeness (QED) is 0.678. The molecule has 1 fully saturated rings. The van der Waals surface area contributed by atoms with E-state index in [2.05, 4.69) is 20.8 Å². The summed E-state index contributed by atoms with van der Waals surface area (Å²) in [5, 5.41) is 0. The second kappa shape index (κ2) is 4.39. The Bertz CT molecular complexity index is 219. The molecule has 0 aromatic heterocycles. The van der Waals surface area contributed by atoms with Gasteiger partial charge in [-0.1, -0.05) is 27.7 Å². The summed E-state index contributed by atoms with van der Waals surface area (Å²) in [7, 11) is 0. The predicted octanol–water partition coefficient (Wildman–Crippen LogP) is 2.22. The van der Waals surface area contributed by atoms with Crippen LogP contribution in [-0.4, -0.2) is 32.6 Å². The molecule has 4 nitrogen and oxygen atoms in total. The average Bonchev–Trinajstić information content (AvgIpc) is 2.09. The highest BCUT2D eigenvalue weighted by atomic mass is 16.7. The lowest BCUT2D eigenvalue weighted by Gasteiger charge is -2.32. The molecule has 0 N–H and O–H groups in total. The smallest absolute Gasteiger partial charge is 0.433 e. The van der Waals surface area contributed by atoms with Crippen molar-refractivity contribution in [2.75, 3.05) is 26.4 Å². The maximum absolute atomic E-state index is 10.7. The van der Waals surface area contributed by atoms with Crippen LogP contribution in [0.1, 0.15) is 27.7 Å². The van der Waals surface area contributed by atoms with Crippen molar-refractivity contribution in [2.45, 2.75) is 27.7 Å². The fourth-order valence-corrected chi connectivity index (χ4v) is 1.24. The first-order valence-electron chi connectivity index (χ1n) is 5.18. The first-order chi connectivity index (χ1) is 6.81. The average molecular weight is 216 g/mol. The fourth-order valence-electron chi connectivity index (χ4n) is 1.24. The summed E-state index contributed by atoms with van der Waals surface area (Å²) in [6.45, 7) is 10.3. The van der Waals surface area contributed by atoms with Gasteiger partial charge in [0.25, 0.3) is 0 Å². The van der Waals surface area contributed by atoms with Crippen LogP contribution in [0.15, 0.2) is 0 Å². The van der Waals surface area contributed by atoms with Gasteiger partial charge >= 0.3 is 6.16 Å². The maximum atomic E-state index is 10.7. The summed E-state index contributed by atoms with van der Waals surface area (Å²) >= 11 is 0. The number of carbonyl (C=O) groups excluding carboxylic acids is 1. The molecule has 0 aromatic rings. The van der Waals surface area contributed by atoms with E-state index in [4.69, 9.17) is 14.2 Å². The molecule has 0 amide bonds. The molecule has 15 heavy (non-hydrogen) atoms. The van der Waals surface area contributed by atoms with Crippen molar-refractivity contribution < 1.29 is 19.0 Å². The van der Waals surface area contributed by atoms with Gasteiger partial charge < -0.3 is 14.2 Å². The minimum absolute atomic E-state index is 0.155. The van der Waals surface area contributed by atoms with Gasteiger partial charge in [0, 0.05) is 0 Å².